The SMILES string of the molecule is COC[C@H](N)C(=O)Nc1ccc(N2C(=O)N(Cc3ccccc3)N=C(C3CCCCC3)c3ccccc32)cc1. The third-order valence-corrected chi connectivity index (χ3v) is 7.30. The molecule has 8 heteroatoms. The fraction of sp³-hybridized carbons (Fsp3) is 0.323. The van der Waals surface area contributed by atoms with Gasteiger partial charge in [0, 0.05) is 24.3 Å². The maximum Gasteiger partial charge on any atom is 0.349 e. The molecule has 0 unspecified atom stereocenters. The van der Waals surface area contributed by atoms with Crippen LogP contribution in [0.15, 0.2) is 84.0 Å². The van der Waals surface area contributed by atoms with Gasteiger partial charge >= 0.3 is 6.03 Å². The van der Waals surface area contributed by atoms with Crippen LogP contribution in [-0.4, -0.2) is 42.4 Å². The zero-order valence-electron chi connectivity index (χ0n) is 22.3. The number of carbonyl (C=O) groups excluding carboxylic acids is 2. The average molecular weight is 526 g/mol. The molecule has 3 amide bonds. The van der Waals surface area contributed by atoms with Crippen molar-refractivity contribution in [2.75, 3.05) is 23.9 Å². The van der Waals surface area contributed by atoms with Gasteiger partial charge < -0.3 is 15.8 Å². The van der Waals surface area contributed by atoms with Crippen molar-refractivity contribution in [2.45, 2.75) is 44.7 Å². The van der Waals surface area contributed by atoms with Crippen LogP contribution in [0.5, 0.6) is 0 Å². The van der Waals surface area contributed by atoms with Crippen LogP contribution in [0.3, 0.4) is 0 Å². The highest BCUT2D eigenvalue weighted by Crippen LogP contribution is 2.38. The van der Waals surface area contributed by atoms with Gasteiger partial charge in [0.1, 0.15) is 6.04 Å². The van der Waals surface area contributed by atoms with Gasteiger partial charge in [-0.3, -0.25) is 9.69 Å². The van der Waals surface area contributed by atoms with Gasteiger partial charge in [-0.05, 0) is 48.7 Å². The lowest BCUT2D eigenvalue weighted by atomic mass is 9.83. The lowest BCUT2D eigenvalue weighted by Gasteiger charge is -2.27. The molecule has 0 spiro atoms. The Kier molecular flexibility index (Phi) is 8.34. The van der Waals surface area contributed by atoms with Gasteiger partial charge in [0.15, 0.2) is 0 Å². The van der Waals surface area contributed by atoms with E-state index in [1.807, 2.05) is 60.7 Å². The van der Waals surface area contributed by atoms with Crippen LogP contribution in [0.4, 0.5) is 21.9 Å². The number of methoxy groups -OCH3 is 1. The summed E-state index contributed by atoms with van der Waals surface area (Å²) in [6, 6.07) is 24.2. The molecule has 1 aliphatic carbocycles. The van der Waals surface area contributed by atoms with E-state index in [1.165, 1.54) is 26.4 Å². The van der Waals surface area contributed by atoms with E-state index in [0.717, 1.165) is 35.4 Å². The first-order valence-electron chi connectivity index (χ1n) is 13.5. The molecule has 1 aliphatic heterocycles. The van der Waals surface area contributed by atoms with E-state index in [9.17, 15) is 9.59 Å². The van der Waals surface area contributed by atoms with Crippen LogP contribution >= 0.6 is 0 Å². The highest BCUT2D eigenvalue weighted by Gasteiger charge is 2.34. The van der Waals surface area contributed by atoms with Crippen LogP contribution in [0.2, 0.25) is 0 Å². The summed E-state index contributed by atoms with van der Waals surface area (Å²) in [7, 11) is 1.50. The summed E-state index contributed by atoms with van der Waals surface area (Å²) in [6.07, 6.45) is 5.72. The van der Waals surface area contributed by atoms with Crippen molar-refractivity contribution in [2.24, 2.45) is 16.8 Å². The van der Waals surface area contributed by atoms with Gasteiger partial charge in [-0.1, -0.05) is 67.8 Å². The normalized spacial score (nSPS) is 16.8. The van der Waals surface area contributed by atoms with Crippen LogP contribution in [0.1, 0.15) is 43.2 Å². The summed E-state index contributed by atoms with van der Waals surface area (Å²) in [5.74, 6) is -0.0276. The first kappa shape index (κ1) is 26.6. The van der Waals surface area contributed by atoms with Gasteiger partial charge in [-0.25, -0.2) is 9.80 Å². The Morgan fingerprint density at radius 3 is 2.41 bits per heavy atom. The number of nitrogens with two attached hydrogens (primary N) is 1. The molecule has 5 rings (SSSR count). The van der Waals surface area contributed by atoms with Crippen molar-refractivity contribution >= 4 is 34.7 Å². The number of hydrazone groups is 1. The smallest absolute Gasteiger partial charge is 0.349 e. The number of fused-ring (bicyclic) bond motifs is 1. The number of hydrogen-bond acceptors (Lipinski definition) is 5. The number of ether oxygens (including phenoxy) is 1. The zero-order valence-corrected chi connectivity index (χ0v) is 22.3. The molecule has 1 fully saturated rings. The number of para-hydroxylation sites is 1. The monoisotopic (exact) mass is 525 g/mol. The predicted molar refractivity (Wildman–Crippen MR) is 154 cm³/mol. The summed E-state index contributed by atoms with van der Waals surface area (Å²) in [5.41, 5.74) is 10.9. The second-order valence-electron chi connectivity index (χ2n) is 10.1. The first-order chi connectivity index (χ1) is 19.0. The zero-order chi connectivity index (χ0) is 27.2. The minimum atomic E-state index is -0.768. The second-order valence-corrected chi connectivity index (χ2v) is 10.1. The van der Waals surface area contributed by atoms with Crippen LogP contribution < -0.4 is 16.0 Å². The van der Waals surface area contributed by atoms with Crippen LogP contribution in [0.25, 0.3) is 0 Å². The molecule has 202 valence electrons. The molecule has 39 heavy (non-hydrogen) atoms. The Hall–Kier alpha value is -4.01. The molecular weight excluding hydrogens is 490 g/mol. The third kappa shape index (κ3) is 6.02. The molecule has 3 N–H and O–H groups in total. The van der Waals surface area contributed by atoms with E-state index in [-0.39, 0.29) is 18.5 Å². The molecule has 8 nitrogen and oxygen atoms in total. The van der Waals surface area contributed by atoms with Gasteiger partial charge in [0.2, 0.25) is 5.91 Å². The highest BCUT2D eigenvalue weighted by molar-refractivity contribution is 6.13. The molecule has 3 aromatic rings. The van der Waals surface area contributed by atoms with E-state index in [2.05, 4.69) is 11.4 Å². The minimum absolute atomic E-state index is 0.129. The molecular formula is C31H35N5O3. The molecule has 0 radical (unpaired) electrons. The Bertz CT molecular complexity index is 1320. The van der Waals surface area contributed by atoms with Crippen molar-refractivity contribution in [3.63, 3.8) is 0 Å². The van der Waals surface area contributed by atoms with Gasteiger partial charge in [0.25, 0.3) is 0 Å². The fourth-order valence-corrected chi connectivity index (χ4v) is 5.30. The average Bonchev–Trinajstić information content (AvgIpc) is 3.09. The second kappa shape index (κ2) is 12.2. The van der Waals surface area contributed by atoms with E-state index < -0.39 is 6.04 Å². The molecule has 1 atom stereocenters. The molecule has 1 saturated carbocycles. The Morgan fingerprint density at radius 2 is 1.69 bits per heavy atom. The number of carbonyl (C=O) groups is 2. The molecule has 0 saturated heterocycles. The number of hydrogen-bond donors (Lipinski definition) is 2. The number of nitrogens with zero attached hydrogens (tertiary/aromatic N) is 3. The van der Waals surface area contributed by atoms with Gasteiger partial charge in [-0.2, -0.15) is 5.10 Å². The third-order valence-electron chi connectivity index (χ3n) is 7.30. The fourth-order valence-electron chi connectivity index (χ4n) is 5.30. The Labute approximate surface area is 229 Å². The summed E-state index contributed by atoms with van der Waals surface area (Å²) in [5, 5.41) is 9.47. The maximum atomic E-state index is 14.2. The summed E-state index contributed by atoms with van der Waals surface area (Å²) >= 11 is 0. The predicted octanol–water partition coefficient (Wildman–Crippen LogP) is 5.66. The van der Waals surface area contributed by atoms with Gasteiger partial charge in [-0.15, -0.1) is 0 Å². The molecule has 0 aromatic heterocycles. The van der Waals surface area contributed by atoms with Crippen LogP contribution in [-0.2, 0) is 16.1 Å². The number of benzene rings is 3. The Morgan fingerprint density at radius 1 is 1.00 bits per heavy atom. The number of amides is 3. The number of nitrogens with one attached hydrogen (secondary N) is 1. The molecule has 0 bridgehead atoms. The highest BCUT2D eigenvalue weighted by atomic mass is 16.5. The van der Waals surface area contributed by atoms with E-state index in [4.69, 9.17) is 15.6 Å². The topological polar surface area (TPSA) is 100 Å². The molecule has 2 aliphatic rings. The van der Waals surface area contributed by atoms with Crippen molar-refractivity contribution < 1.29 is 14.3 Å². The lowest BCUT2D eigenvalue weighted by Crippen LogP contribution is -2.39. The van der Waals surface area contributed by atoms with Crippen molar-refractivity contribution in [1.29, 1.82) is 0 Å². The van der Waals surface area contributed by atoms with E-state index in [1.54, 1.807) is 22.0 Å². The van der Waals surface area contributed by atoms with Crippen molar-refractivity contribution in [1.82, 2.24) is 5.01 Å². The lowest BCUT2D eigenvalue weighted by molar-refractivity contribution is -0.118. The Balaban J connectivity index is 1.52. The quantitative estimate of drug-likeness (QED) is 0.396. The number of urea groups is 1. The molecule has 1 heterocycles. The summed E-state index contributed by atoms with van der Waals surface area (Å²) < 4.78 is 4.98. The van der Waals surface area contributed by atoms with Crippen molar-refractivity contribution in [3.8, 4) is 0 Å². The van der Waals surface area contributed by atoms with Crippen molar-refractivity contribution in [3.05, 3.63) is 90.0 Å². The van der Waals surface area contributed by atoms with E-state index in [0.29, 0.717) is 23.8 Å². The summed E-state index contributed by atoms with van der Waals surface area (Å²) in [6.45, 7) is 0.496. The largest absolute Gasteiger partial charge is 0.383 e. The number of anilines is 3. The number of rotatable bonds is 8. The molecule has 3 aromatic carbocycles. The maximum absolute atomic E-state index is 14.2. The van der Waals surface area contributed by atoms with Crippen LogP contribution in [0, 0.1) is 5.92 Å². The van der Waals surface area contributed by atoms with Gasteiger partial charge in [0.05, 0.1) is 30.2 Å². The van der Waals surface area contributed by atoms with E-state index >= 15 is 0 Å². The minimum Gasteiger partial charge on any atom is -0.383 e. The standard InChI is InChI=1S/C31H35N5O3/c1-39-21-27(32)30(37)33-24-16-18-25(19-17-24)36-28-15-9-8-14-26(28)29(23-12-6-3-7-13-23)34-35(31(36)38)20-22-10-4-2-5-11-22/h2,4-5,8-11,14-19,23,27H,3,6-7,12-13,20-21,32H2,1H3,(H,33,37)/t27-/m0/s1. The summed E-state index contributed by atoms with van der Waals surface area (Å²) in [4.78, 5) is 28.3. The first-order valence-corrected chi connectivity index (χ1v) is 13.5.